The highest BCUT2D eigenvalue weighted by molar-refractivity contribution is 6.29. The maximum atomic E-state index is 13.2. The molecule has 1 aliphatic carbocycles. The predicted molar refractivity (Wildman–Crippen MR) is 84.5 cm³/mol. The average Bonchev–Trinajstić information content (AvgIpc) is 2.79. The van der Waals surface area contributed by atoms with Crippen LogP contribution in [0.3, 0.4) is 0 Å². The third kappa shape index (κ3) is 3.77. The van der Waals surface area contributed by atoms with Gasteiger partial charge in [-0.2, -0.15) is 10.1 Å². The van der Waals surface area contributed by atoms with Gasteiger partial charge in [-0.3, -0.25) is 0 Å². The van der Waals surface area contributed by atoms with Crippen molar-refractivity contribution in [2.75, 3.05) is 5.32 Å². The lowest BCUT2D eigenvalue weighted by Gasteiger charge is -2.28. The van der Waals surface area contributed by atoms with Crippen LogP contribution in [0.1, 0.15) is 37.1 Å². The van der Waals surface area contributed by atoms with Crippen molar-refractivity contribution >= 4 is 17.5 Å². The minimum Gasteiger partial charge on any atom is -0.351 e. The fourth-order valence-corrected chi connectivity index (χ4v) is 2.98. The van der Waals surface area contributed by atoms with Crippen molar-refractivity contribution in [1.29, 1.82) is 0 Å². The molecule has 23 heavy (non-hydrogen) atoms. The normalized spacial score (nSPS) is 18.1. The number of nitrogens with one attached hydrogen (secondary N) is 1. The first kappa shape index (κ1) is 16.1. The first-order valence-corrected chi connectivity index (χ1v) is 7.93. The number of rotatable bonds is 3. The Morgan fingerprint density at radius 2 is 1.91 bits per heavy atom. The summed E-state index contributed by atoms with van der Waals surface area (Å²) >= 11 is 6.07. The van der Waals surface area contributed by atoms with Gasteiger partial charge in [0.05, 0.1) is 5.69 Å². The van der Waals surface area contributed by atoms with Crippen LogP contribution in [-0.2, 0) is 0 Å². The molecule has 1 aliphatic rings. The summed E-state index contributed by atoms with van der Waals surface area (Å²) in [4.78, 5) is 8.56. The molecule has 0 spiro atoms. The molecule has 5 nitrogen and oxygen atoms in total. The molecule has 3 rings (SSSR count). The van der Waals surface area contributed by atoms with E-state index in [4.69, 9.17) is 11.6 Å². The van der Waals surface area contributed by atoms with E-state index in [2.05, 4.69) is 20.4 Å². The van der Waals surface area contributed by atoms with Crippen molar-refractivity contribution in [3.63, 3.8) is 0 Å². The van der Waals surface area contributed by atoms with Crippen LogP contribution in [0.5, 0.6) is 0 Å². The fourth-order valence-electron chi connectivity index (χ4n) is 2.81. The van der Waals surface area contributed by atoms with Crippen molar-refractivity contribution < 1.29 is 8.78 Å². The van der Waals surface area contributed by atoms with Gasteiger partial charge in [0.2, 0.25) is 11.9 Å². The van der Waals surface area contributed by atoms with Crippen LogP contribution in [0, 0.1) is 13.8 Å². The number of aryl methyl sites for hydroxylation is 2. The van der Waals surface area contributed by atoms with Gasteiger partial charge in [-0.05, 0) is 32.8 Å². The van der Waals surface area contributed by atoms with Crippen LogP contribution in [0.4, 0.5) is 14.7 Å². The fraction of sp³-hybridized carbons (Fsp3) is 0.533. The maximum absolute atomic E-state index is 13.2. The zero-order valence-corrected chi connectivity index (χ0v) is 13.7. The van der Waals surface area contributed by atoms with Gasteiger partial charge in [0.15, 0.2) is 5.82 Å². The predicted octanol–water partition coefficient (Wildman–Crippen LogP) is 3.92. The molecule has 0 atom stereocenters. The van der Waals surface area contributed by atoms with Crippen LogP contribution >= 0.6 is 11.6 Å². The van der Waals surface area contributed by atoms with Gasteiger partial charge < -0.3 is 5.32 Å². The molecule has 1 saturated carbocycles. The summed E-state index contributed by atoms with van der Waals surface area (Å²) in [5.74, 6) is -1.66. The summed E-state index contributed by atoms with van der Waals surface area (Å²) in [5, 5.41) is 7.77. The molecule has 0 saturated heterocycles. The number of nitrogens with zero attached hydrogens (tertiary/aromatic N) is 4. The molecule has 124 valence electrons. The van der Waals surface area contributed by atoms with Crippen molar-refractivity contribution in [2.24, 2.45) is 0 Å². The number of alkyl halides is 2. The highest BCUT2D eigenvalue weighted by Gasteiger charge is 2.35. The Balaban J connectivity index is 1.80. The van der Waals surface area contributed by atoms with Crippen molar-refractivity contribution in [2.45, 2.75) is 51.5 Å². The number of halogens is 3. The van der Waals surface area contributed by atoms with E-state index >= 15 is 0 Å². The summed E-state index contributed by atoms with van der Waals surface area (Å²) in [5.41, 5.74) is 1.81. The lowest BCUT2D eigenvalue weighted by molar-refractivity contribution is -0.0361. The Labute approximate surface area is 138 Å². The van der Waals surface area contributed by atoms with E-state index in [1.54, 1.807) is 10.7 Å². The molecule has 0 aromatic carbocycles. The lowest BCUT2D eigenvalue weighted by Crippen LogP contribution is -2.32. The minimum absolute atomic E-state index is 0.0682. The van der Waals surface area contributed by atoms with Gasteiger partial charge in [-0.25, -0.2) is 18.4 Å². The van der Waals surface area contributed by atoms with Crippen LogP contribution < -0.4 is 5.32 Å². The molecule has 0 bridgehead atoms. The molecule has 0 amide bonds. The summed E-state index contributed by atoms with van der Waals surface area (Å²) in [6.45, 7) is 3.82. The molecule has 0 aliphatic heterocycles. The van der Waals surface area contributed by atoms with E-state index in [9.17, 15) is 8.78 Å². The van der Waals surface area contributed by atoms with E-state index in [1.165, 1.54) is 0 Å². The Morgan fingerprint density at radius 1 is 1.22 bits per heavy atom. The molecular weight excluding hydrogens is 324 g/mol. The summed E-state index contributed by atoms with van der Waals surface area (Å²) < 4.78 is 28.1. The summed E-state index contributed by atoms with van der Waals surface area (Å²) in [6, 6.07) is 3.49. The molecule has 1 fully saturated rings. The summed E-state index contributed by atoms with van der Waals surface area (Å²) in [7, 11) is 0. The van der Waals surface area contributed by atoms with Crippen LogP contribution in [0.2, 0.25) is 5.15 Å². The van der Waals surface area contributed by atoms with Gasteiger partial charge >= 0.3 is 0 Å². The second kappa shape index (κ2) is 6.03. The topological polar surface area (TPSA) is 55.6 Å². The molecular formula is C15H18ClF2N5. The van der Waals surface area contributed by atoms with Crippen molar-refractivity contribution in [3.05, 3.63) is 28.7 Å². The van der Waals surface area contributed by atoms with Gasteiger partial charge in [-0.15, -0.1) is 0 Å². The zero-order valence-electron chi connectivity index (χ0n) is 13.0. The Hall–Kier alpha value is -1.76. The zero-order chi connectivity index (χ0) is 16.6. The largest absolute Gasteiger partial charge is 0.351 e. The molecule has 0 radical (unpaired) electrons. The van der Waals surface area contributed by atoms with Crippen LogP contribution in [-0.4, -0.2) is 31.7 Å². The highest BCUT2D eigenvalue weighted by Crippen LogP contribution is 2.34. The summed E-state index contributed by atoms with van der Waals surface area (Å²) in [6.07, 6.45) is 0.543. The molecule has 2 aromatic rings. The van der Waals surface area contributed by atoms with Crippen LogP contribution in [0.25, 0.3) is 5.82 Å². The SMILES string of the molecule is Cc1cc(C)n(-c2cc(Cl)nc(NC3CCC(F)(F)CC3)n2)n1. The molecule has 2 heterocycles. The van der Waals surface area contributed by atoms with E-state index in [-0.39, 0.29) is 24.0 Å². The van der Waals surface area contributed by atoms with Crippen molar-refractivity contribution in [1.82, 2.24) is 19.7 Å². The average molecular weight is 342 g/mol. The van der Waals surface area contributed by atoms with E-state index in [1.807, 2.05) is 19.9 Å². The van der Waals surface area contributed by atoms with E-state index in [0.29, 0.717) is 24.6 Å². The molecule has 1 N–H and O–H groups in total. The number of aromatic nitrogens is 4. The molecule has 0 unspecified atom stereocenters. The van der Waals surface area contributed by atoms with Gasteiger partial charge in [0, 0.05) is 30.6 Å². The number of anilines is 1. The van der Waals surface area contributed by atoms with Crippen LogP contribution in [0.15, 0.2) is 12.1 Å². The van der Waals surface area contributed by atoms with Gasteiger partial charge in [-0.1, -0.05) is 11.6 Å². The second-order valence-corrected chi connectivity index (χ2v) is 6.37. The quantitative estimate of drug-likeness (QED) is 0.860. The third-order valence-electron chi connectivity index (χ3n) is 3.96. The first-order valence-electron chi connectivity index (χ1n) is 7.55. The Morgan fingerprint density at radius 3 is 2.52 bits per heavy atom. The second-order valence-electron chi connectivity index (χ2n) is 5.99. The number of hydrogen-bond donors (Lipinski definition) is 1. The minimum atomic E-state index is -2.55. The monoisotopic (exact) mass is 341 g/mol. The van der Waals surface area contributed by atoms with Gasteiger partial charge in [0.1, 0.15) is 5.15 Å². The third-order valence-corrected chi connectivity index (χ3v) is 4.15. The Bertz CT molecular complexity index is 706. The smallest absolute Gasteiger partial charge is 0.248 e. The number of hydrogen-bond acceptors (Lipinski definition) is 4. The van der Waals surface area contributed by atoms with Crippen molar-refractivity contribution in [3.8, 4) is 5.82 Å². The Kier molecular flexibility index (Phi) is 4.23. The highest BCUT2D eigenvalue weighted by atomic mass is 35.5. The maximum Gasteiger partial charge on any atom is 0.248 e. The first-order chi connectivity index (χ1) is 10.8. The molecule has 8 heteroatoms. The molecule has 2 aromatic heterocycles. The van der Waals surface area contributed by atoms with Gasteiger partial charge in [0.25, 0.3) is 0 Å². The lowest BCUT2D eigenvalue weighted by atomic mass is 9.92. The van der Waals surface area contributed by atoms with E-state index < -0.39 is 5.92 Å². The van der Waals surface area contributed by atoms with E-state index in [0.717, 1.165) is 11.4 Å². The standard InChI is InChI=1S/C15H18ClF2N5/c1-9-7-10(2)23(22-9)13-8-12(16)20-14(21-13)19-11-3-5-15(17,18)6-4-11/h7-8,11H,3-6H2,1-2H3,(H,19,20,21).